The second-order valence-corrected chi connectivity index (χ2v) is 5.89. The average Bonchev–Trinajstić information content (AvgIpc) is 2.52. The lowest BCUT2D eigenvalue weighted by Gasteiger charge is -2.07. The van der Waals surface area contributed by atoms with E-state index in [1.165, 1.54) is 11.8 Å². The molecule has 0 fully saturated rings. The summed E-state index contributed by atoms with van der Waals surface area (Å²) in [7, 11) is 0. The molecule has 0 saturated heterocycles. The molecular weight excluding hydrogens is 306 g/mol. The van der Waals surface area contributed by atoms with E-state index in [-0.39, 0.29) is 12.5 Å². The number of nitrogens with one attached hydrogen (secondary N) is 1. The second kappa shape index (κ2) is 8.08. The Kier molecular flexibility index (Phi) is 6.11. The lowest BCUT2D eigenvalue weighted by atomic mass is 10.1. The number of hydrogen-bond acceptors (Lipinski definition) is 3. The van der Waals surface area contributed by atoms with Crippen LogP contribution >= 0.6 is 23.4 Å². The first-order valence-corrected chi connectivity index (χ1v) is 7.88. The molecule has 0 aromatic heterocycles. The highest BCUT2D eigenvalue weighted by Gasteiger charge is 2.05. The molecule has 2 rings (SSSR count). The van der Waals surface area contributed by atoms with E-state index in [1.807, 2.05) is 48.5 Å². The Bertz CT molecular complexity index is 601. The van der Waals surface area contributed by atoms with Crippen molar-refractivity contribution in [3.8, 4) is 0 Å². The maximum atomic E-state index is 11.8. The van der Waals surface area contributed by atoms with Crippen molar-refractivity contribution in [1.82, 2.24) is 5.32 Å². The van der Waals surface area contributed by atoms with Gasteiger partial charge in [0, 0.05) is 11.4 Å². The molecule has 2 aromatic rings. The van der Waals surface area contributed by atoms with Crippen LogP contribution in [0.4, 0.5) is 0 Å². The number of amides is 1. The molecule has 0 unspecified atom stereocenters. The molecule has 0 spiro atoms. The molecule has 1 amide bonds. The molecule has 2 N–H and O–H groups in total. The van der Waals surface area contributed by atoms with Crippen LogP contribution in [-0.2, 0) is 17.9 Å². The molecular formula is C16H16ClNO2S. The van der Waals surface area contributed by atoms with Gasteiger partial charge in [-0.3, -0.25) is 4.79 Å². The number of carbonyl (C=O) groups is 1. The Morgan fingerprint density at radius 2 is 1.76 bits per heavy atom. The molecule has 0 atom stereocenters. The van der Waals surface area contributed by atoms with E-state index < -0.39 is 0 Å². The predicted octanol–water partition coefficient (Wildman–Crippen LogP) is 3.24. The summed E-state index contributed by atoms with van der Waals surface area (Å²) >= 11 is 7.46. The minimum absolute atomic E-state index is 0.0289. The summed E-state index contributed by atoms with van der Waals surface area (Å²) in [5, 5.41) is 12.5. The fourth-order valence-corrected chi connectivity index (χ4v) is 2.79. The zero-order valence-electron chi connectivity index (χ0n) is 11.4. The van der Waals surface area contributed by atoms with Crippen LogP contribution in [-0.4, -0.2) is 16.8 Å². The molecule has 0 heterocycles. The lowest BCUT2D eigenvalue weighted by molar-refractivity contribution is -0.118. The van der Waals surface area contributed by atoms with Crippen LogP contribution in [0.15, 0.2) is 53.4 Å². The van der Waals surface area contributed by atoms with Gasteiger partial charge in [-0.2, -0.15) is 0 Å². The number of halogens is 1. The molecule has 0 aliphatic carbocycles. The second-order valence-electron chi connectivity index (χ2n) is 4.47. The monoisotopic (exact) mass is 321 g/mol. The third-order valence-corrected chi connectivity index (χ3v) is 4.41. The van der Waals surface area contributed by atoms with Crippen molar-refractivity contribution in [2.24, 2.45) is 0 Å². The van der Waals surface area contributed by atoms with Crippen LogP contribution in [0.25, 0.3) is 0 Å². The largest absolute Gasteiger partial charge is 0.392 e. The first-order valence-electron chi connectivity index (χ1n) is 6.52. The highest BCUT2D eigenvalue weighted by atomic mass is 35.5. The Morgan fingerprint density at radius 3 is 2.43 bits per heavy atom. The van der Waals surface area contributed by atoms with Gasteiger partial charge in [-0.05, 0) is 23.3 Å². The van der Waals surface area contributed by atoms with E-state index in [9.17, 15) is 4.79 Å². The number of rotatable bonds is 6. The molecule has 0 saturated carbocycles. The molecule has 5 heteroatoms. The highest BCUT2D eigenvalue weighted by Crippen LogP contribution is 2.26. The smallest absolute Gasteiger partial charge is 0.230 e. The van der Waals surface area contributed by atoms with Gasteiger partial charge < -0.3 is 10.4 Å². The zero-order chi connectivity index (χ0) is 15.1. The van der Waals surface area contributed by atoms with E-state index in [0.29, 0.717) is 17.3 Å². The Balaban J connectivity index is 1.78. The topological polar surface area (TPSA) is 49.3 Å². The summed E-state index contributed by atoms with van der Waals surface area (Å²) in [6, 6.07) is 15.0. The summed E-state index contributed by atoms with van der Waals surface area (Å²) < 4.78 is 0. The quantitative estimate of drug-likeness (QED) is 0.803. The van der Waals surface area contributed by atoms with Crippen LogP contribution in [0.2, 0.25) is 5.02 Å². The van der Waals surface area contributed by atoms with Crippen molar-refractivity contribution in [3.63, 3.8) is 0 Å². The zero-order valence-corrected chi connectivity index (χ0v) is 13.0. The summed E-state index contributed by atoms with van der Waals surface area (Å²) in [6.07, 6.45) is 0. The van der Waals surface area contributed by atoms with Gasteiger partial charge >= 0.3 is 0 Å². The van der Waals surface area contributed by atoms with Crippen LogP contribution in [0.1, 0.15) is 11.1 Å². The van der Waals surface area contributed by atoms with E-state index in [2.05, 4.69) is 5.32 Å². The van der Waals surface area contributed by atoms with E-state index in [4.69, 9.17) is 16.7 Å². The third-order valence-electron chi connectivity index (χ3n) is 2.89. The number of benzene rings is 2. The predicted molar refractivity (Wildman–Crippen MR) is 86.4 cm³/mol. The fourth-order valence-electron chi connectivity index (χ4n) is 1.72. The van der Waals surface area contributed by atoms with Crippen LogP contribution in [0.3, 0.4) is 0 Å². The summed E-state index contributed by atoms with van der Waals surface area (Å²) in [5.41, 5.74) is 1.86. The van der Waals surface area contributed by atoms with Gasteiger partial charge in [0.25, 0.3) is 0 Å². The van der Waals surface area contributed by atoms with Crippen molar-refractivity contribution in [1.29, 1.82) is 0 Å². The Morgan fingerprint density at radius 1 is 1.10 bits per heavy atom. The van der Waals surface area contributed by atoms with Gasteiger partial charge in [0.15, 0.2) is 0 Å². The van der Waals surface area contributed by atoms with Crippen molar-refractivity contribution in [2.45, 2.75) is 18.0 Å². The first-order chi connectivity index (χ1) is 10.2. The van der Waals surface area contributed by atoms with Gasteiger partial charge in [0.05, 0.1) is 17.4 Å². The molecule has 0 aliphatic heterocycles. The number of aliphatic hydroxyl groups excluding tert-OH is 1. The van der Waals surface area contributed by atoms with Crippen LogP contribution < -0.4 is 5.32 Å². The van der Waals surface area contributed by atoms with Gasteiger partial charge in [-0.25, -0.2) is 0 Å². The van der Waals surface area contributed by atoms with Gasteiger partial charge in [0.2, 0.25) is 5.91 Å². The van der Waals surface area contributed by atoms with Gasteiger partial charge in [-0.1, -0.05) is 48.0 Å². The maximum absolute atomic E-state index is 11.8. The summed E-state index contributed by atoms with van der Waals surface area (Å²) in [5.74, 6) is 0.296. The first kappa shape index (κ1) is 15.9. The Labute approximate surface area is 133 Å². The highest BCUT2D eigenvalue weighted by molar-refractivity contribution is 8.00. The number of carbonyl (C=O) groups excluding carboxylic acids is 1. The minimum atomic E-state index is -0.0360. The third kappa shape index (κ3) is 5.08. The number of aliphatic hydroxyl groups is 1. The normalized spacial score (nSPS) is 10.4. The maximum Gasteiger partial charge on any atom is 0.230 e. The summed E-state index contributed by atoms with van der Waals surface area (Å²) in [6.45, 7) is 0.509. The van der Waals surface area contributed by atoms with Gasteiger partial charge in [-0.15, -0.1) is 11.8 Å². The van der Waals surface area contributed by atoms with Crippen LogP contribution in [0.5, 0.6) is 0 Å². The molecule has 3 nitrogen and oxygen atoms in total. The average molecular weight is 322 g/mol. The minimum Gasteiger partial charge on any atom is -0.392 e. The molecule has 0 radical (unpaired) electrons. The SMILES string of the molecule is O=C(CSc1ccccc1Cl)NCc1ccc(CO)cc1. The standard InChI is InChI=1S/C16H16ClNO2S/c17-14-3-1-2-4-15(14)21-11-16(20)18-9-12-5-7-13(10-19)8-6-12/h1-8,19H,9-11H2,(H,18,20). The Hall–Kier alpha value is -1.49. The van der Waals surface area contributed by atoms with E-state index >= 15 is 0 Å². The summed E-state index contributed by atoms with van der Waals surface area (Å²) in [4.78, 5) is 12.7. The number of hydrogen-bond donors (Lipinski definition) is 2. The van der Waals surface area contributed by atoms with Crippen molar-refractivity contribution < 1.29 is 9.90 Å². The molecule has 21 heavy (non-hydrogen) atoms. The molecule has 0 aliphatic rings. The van der Waals surface area contributed by atoms with Crippen molar-refractivity contribution in [2.75, 3.05) is 5.75 Å². The van der Waals surface area contributed by atoms with Crippen LogP contribution in [0, 0.1) is 0 Å². The van der Waals surface area contributed by atoms with Gasteiger partial charge in [0.1, 0.15) is 0 Å². The lowest BCUT2D eigenvalue weighted by Crippen LogP contribution is -2.24. The molecule has 0 bridgehead atoms. The van der Waals surface area contributed by atoms with Crippen molar-refractivity contribution in [3.05, 3.63) is 64.7 Å². The fraction of sp³-hybridized carbons (Fsp3) is 0.188. The molecule has 2 aromatic carbocycles. The van der Waals surface area contributed by atoms with Crippen molar-refractivity contribution >= 4 is 29.3 Å². The van der Waals surface area contributed by atoms with E-state index in [0.717, 1.165) is 16.0 Å². The molecule has 110 valence electrons. The van der Waals surface area contributed by atoms with E-state index in [1.54, 1.807) is 0 Å². The number of thioether (sulfide) groups is 1.